The van der Waals surface area contributed by atoms with Crippen molar-refractivity contribution in [3.63, 3.8) is 0 Å². The largest absolute Gasteiger partial charge is 0.385 e. The van der Waals surface area contributed by atoms with Crippen LogP contribution in [0, 0.1) is 0 Å². The van der Waals surface area contributed by atoms with Crippen LogP contribution in [-0.4, -0.2) is 19.9 Å². The lowest BCUT2D eigenvalue weighted by atomic mass is 10.1. The van der Waals surface area contributed by atoms with Gasteiger partial charge in [-0.05, 0) is 12.8 Å². The van der Waals surface area contributed by atoms with E-state index in [9.17, 15) is 0 Å². The summed E-state index contributed by atoms with van der Waals surface area (Å²) in [6.45, 7) is 0.879. The van der Waals surface area contributed by atoms with Crippen molar-refractivity contribution in [3.8, 4) is 0 Å². The summed E-state index contributed by atoms with van der Waals surface area (Å²) in [7, 11) is 1.74. The second-order valence-corrected chi connectivity index (χ2v) is 3.32. The van der Waals surface area contributed by atoms with Gasteiger partial charge in [-0.3, -0.25) is 5.84 Å². The first-order valence-electron chi connectivity index (χ1n) is 5.02. The first-order valence-corrected chi connectivity index (χ1v) is 5.02. The smallest absolute Gasteiger partial charge is 0.0676 e. The van der Waals surface area contributed by atoms with E-state index in [1.54, 1.807) is 7.11 Å². The summed E-state index contributed by atoms with van der Waals surface area (Å²) in [6, 6.07) is 0. The van der Waals surface area contributed by atoms with E-state index >= 15 is 0 Å². The number of nitrogens with two attached hydrogens (primary N) is 2. The van der Waals surface area contributed by atoms with Crippen LogP contribution in [0.2, 0.25) is 0 Å². The first-order chi connectivity index (χ1) is 6.31. The van der Waals surface area contributed by atoms with Gasteiger partial charge in [0.25, 0.3) is 0 Å². The van der Waals surface area contributed by atoms with Crippen LogP contribution in [0.15, 0.2) is 0 Å². The molecule has 0 spiro atoms. The zero-order chi connectivity index (χ0) is 9.94. The molecular weight excluding hydrogens is 166 g/mol. The number of rotatable bonds is 9. The fraction of sp³-hybridized carbons (Fsp3) is 1.00. The third kappa shape index (κ3) is 9.76. The number of nitrogens with one attached hydrogen (secondary N) is 1. The van der Waals surface area contributed by atoms with Gasteiger partial charge >= 0.3 is 0 Å². The lowest BCUT2D eigenvalue weighted by molar-refractivity contribution is 0.192. The number of methoxy groups -OCH3 is 1. The van der Waals surface area contributed by atoms with Gasteiger partial charge in [0.15, 0.2) is 0 Å². The predicted molar refractivity (Wildman–Crippen MR) is 54.9 cm³/mol. The van der Waals surface area contributed by atoms with Gasteiger partial charge in [-0.25, -0.2) is 5.43 Å². The molecule has 0 aromatic heterocycles. The van der Waals surface area contributed by atoms with Gasteiger partial charge in [-0.2, -0.15) is 0 Å². The fourth-order valence-electron chi connectivity index (χ4n) is 1.22. The highest BCUT2D eigenvalue weighted by Gasteiger charge is 1.97. The maximum atomic E-state index is 5.58. The first kappa shape index (κ1) is 12.8. The minimum Gasteiger partial charge on any atom is -0.385 e. The second-order valence-electron chi connectivity index (χ2n) is 3.32. The molecule has 0 aliphatic carbocycles. The monoisotopic (exact) mass is 189 g/mol. The van der Waals surface area contributed by atoms with Crippen molar-refractivity contribution < 1.29 is 4.74 Å². The molecule has 4 heteroatoms. The van der Waals surface area contributed by atoms with E-state index in [4.69, 9.17) is 16.3 Å². The zero-order valence-electron chi connectivity index (χ0n) is 8.59. The summed E-state index contributed by atoms with van der Waals surface area (Å²) >= 11 is 0. The van der Waals surface area contributed by atoms with Gasteiger partial charge in [0.2, 0.25) is 0 Å². The third-order valence-corrected chi connectivity index (χ3v) is 2.08. The molecule has 4 nitrogen and oxygen atoms in total. The van der Waals surface area contributed by atoms with Gasteiger partial charge in [0, 0.05) is 13.7 Å². The van der Waals surface area contributed by atoms with Crippen LogP contribution in [-0.2, 0) is 4.74 Å². The molecule has 5 N–H and O–H groups in total. The molecule has 0 aliphatic heterocycles. The minimum atomic E-state index is -0.0426. The highest BCUT2D eigenvalue weighted by molar-refractivity contribution is 4.54. The molecule has 0 saturated carbocycles. The lowest BCUT2D eigenvalue weighted by Crippen LogP contribution is -2.41. The van der Waals surface area contributed by atoms with Gasteiger partial charge in [-0.15, -0.1) is 0 Å². The average Bonchev–Trinajstić information content (AvgIpc) is 2.16. The zero-order valence-corrected chi connectivity index (χ0v) is 8.59. The van der Waals surface area contributed by atoms with E-state index in [0.29, 0.717) is 0 Å². The van der Waals surface area contributed by atoms with Crippen molar-refractivity contribution in [2.45, 2.75) is 44.7 Å². The highest BCUT2D eigenvalue weighted by Crippen LogP contribution is 2.05. The average molecular weight is 189 g/mol. The molecule has 80 valence electrons. The second kappa shape index (κ2) is 9.92. The Labute approximate surface area is 81.0 Å². The van der Waals surface area contributed by atoms with Crippen LogP contribution in [0.1, 0.15) is 38.5 Å². The Morgan fingerprint density at radius 3 is 2.38 bits per heavy atom. The van der Waals surface area contributed by atoms with Crippen LogP contribution in [0.25, 0.3) is 0 Å². The molecular formula is C9H23N3O. The number of unbranched alkanes of at least 4 members (excludes halogenated alkanes) is 4. The molecule has 1 atom stereocenters. The van der Waals surface area contributed by atoms with Gasteiger partial charge in [0.1, 0.15) is 0 Å². The Hall–Kier alpha value is -0.160. The number of hydrogen-bond acceptors (Lipinski definition) is 4. The van der Waals surface area contributed by atoms with Crippen LogP contribution in [0.3, 0.4) is 0 Å². The predicted octanol–water partition coefficient (Wildman–Crippen LogP) is 0.722. The minimum absolute atomic E-state index is 0.0426. The summed E-state index contributed by atoms with van der Waals surface area (Å²) in [6.07, 6.45) is 6.98. The molecule has 0 aliphatic rings. The Bertz CT molecular complexity index is 101. The number of hydrogen-bond donors (Lipinski definition) is 3. The summed E-state index contributed by atoms with van der Waals surface area (Å²) in [5, 5.41) is 0. The summed E-state index contributed by atoms with van der Waals surface area (Å²) in [5.74, 6) is 5.16. The molecule has 0 aromatic rings. The Morgan fingerprint density at radius 2 is 1.77 bits per heavy atom. The summed E-state index contributed by atoms with van der Waals surface area (Å²) in [4.78, 5) is 0. The van der Waals surface area contributed by atoms with Gasteiger partial charge in [0.05, 0.1) is 6.17 Å². The molecule has 0 amide bonds. The Balaban J connectivity index is 2.91. The normalized spacial score (nSPS) is 13.2. The molecule has 0 rings (SSSR count). The van der Waals surface area contributed by atoms with Crippen molar-refractivity contribution in [1.29, 1.82) is 0 Å². The van der Waals surface area contributed by atoms with E-state index in [-0.39, 0.29) is 6.17 Å². The van der Waals surface area contributed by atoms with Gasteiger partial charge < -0.3 is 10.5 Å². The molecule has 0 aromatic carbocycles. The molecule has 13 heavy (non-hydrogen) atoms. The van der Waals surface area contributed by atoms with E-state index in [1.165, 1.54) is 19.3 Å². The molecule has 0 fully saturated rings. The number of hydrazine groups is 1. The molecule has 1 unspecified atom stereocenters. The highest BCUT2D eigenvalue weighted by atomic mass is 16.5. The molecule has 0 heterocycles. The van der Waals surface area contributed by atoms with Crippen molar-refractivity contribution in [1.82, 2.24) is 5.43 Å². The molecule has 0 bridgehead atoms. The Morgan fingerprint density at radius 1 is 1.15 bits per heavy atom. The van der Waals surface area contributed by atoms with E-state index in [0.717, 1.165) is 25.9 Å². The van der Waals surface area contributed by atoms with Crippen molar-refractivity contribution in [3.05, 3.63) is 0 Å². The maximum absolute atomic E-state index is 5.58. The van der Waals surface area contributed by atoms with Crippen LogP contribution in [0.5, 0.6) is 0 Å². The molecule has 0 saturated heterocycles. The van der Waals surface area contributed by atoms with Crippen molar-refractivity contribution >= 4 is 0 Å². The Kier molecular flexibility index (Phi) is 9.80. The van der Waals surface area contributed by atoms with Crippen LogP contribution in [0.4, 0.5) is 0 Å². The standard InChI is InChI=1S/C9H23N3O/c1-13-8-6-4-2-3-5-7-9(10)12-11/h9,12H,2-8,10-11H2,1H3. The van der Waals surface area contributed by atoms with Crippen LogP contribution < -0.4 is 17.0 Å². The number of ether oxygens (including phenoxy) is 1. The topological polar surface area (TPSA) is 73.3 Å². The van der Waals surface area contributed by atoms with Crippen molar-refractivity contribution in [2.75, 3.05) is 13.7 Å². The van der Waals surface area contributed by atoms with E-state index in [2.05, 4.69) is 5.43 Å². The van der Waals surface area contributed by atoms with Crippen molar-refractivity contribution in [2.24, 2.45) is 11.6 Å². The lowest BCUT2D eigenvalue weighted by Gasteiger charge is -2.08. The van der Waals surface area contributed by atoms with E-state index in [1.807, 2.05) is 0 Å². The quantitative estimate of drug-likeness (QED) is 0.216. The summed E-state index contributed by atoms with van der Waals surface area (Å²) in [5.41, 5.74) is 8.11. The fourth-order valence-corrected chi connectivity index (χ4v) is 1.22. The SMILES string of the molecule is COCCCCCCCC(N)NN. The van der Waals surface area contributed by atoms with Crippen LogP contribution >= 0.6 is 0 Å². The molecule has 0 radical (unpaired) electrons. The third-order valence-electron chi connectivity index (χ3n) is 2.08. The summed E-state index contributed by atoms with van der Waals surface area (Å²) < 4.78 is 4.96. The van der Waals surface area contributed by atoms with Gasteiger partial charge in [-0.1, -0.05) is 25.7 Å². The van der Waals surface area contributed by atoms with E-state index < -0.39 is 0 Å². The maximum Gasteiger partial charge on any atom is 0.0676 e.